The smallest absolute Gasteiger partial charge is 0.320 e. The van der Waals surface area contributed by atoms with E-state index in [4.69, 9.17) is 46.7 Å². The van der Waals surface area contributed by atoms with Crippen molar-refractivity contribution in [1.82, 2.24) is 0 Å². The summed E-state index contributed by atoms with van der Waals surface area (Å²) in [6.07, 6.45) is 0.788. The van der Waals surface area contributed by atoms with Crippen LogP contribution in [0.1, 0.15) is 16.7 Å². The summed E-state index contributed by atoms with van der Waals surface area (Å²) in [7, 11) is 0. The number of carboxylic acid groups (broad SMARTS) is 3. The Kier molecular flexibility index (Phi) is 25.1. The standard InChI is InChI=1S/C15H11I4NO4.C15H12I3NO4.C15H13I2NO4/c16-8-4-7(5-9(17)13(8)21)24-14-10(18)1-6(2-11(14)19)3-12(20)15(22)23;16-9-6-8(1-2-13(9)20)23-14-10(17)3-7(4-11(14)18)5-12(19)15(21)22;16-11-5-8(7-13(18)15(20)21)6-12(17)14(11)22-10-3-1-9(19)2-4-10/h1-2,4-5,12,21H,3,20H2,(H,22,23);1-4,6,12,20H,5,19H2,(H,21,22);1-6,13,19H,7,18H2,(H,20,21). The summed E-state index contributed by atoms with van der Waals surface area (Å²) in [5, 5.41) is 55.4. The zero-order chi connectivity index (χ0) is 51.4. The first-order valence-corrected chi connectivity index (χ1v) is 28.9. The predicted molar refractivity (Wildman–Crippen MR) is 336 cm³/mol. The fourth-order valence-corrected chi connectivity index (χ4v) is 14.1. The number of rotatable bonds is 15. The first kappa shape index (κ1) is 60.5. The van der Waals surface area contributed by atoms with E-state index in [1.54, 1.807) is 54.6 Å². The summed E-state index contributed by atoms with van der Waals surface area (Å²) < 4.78 is 25.0. The van der Waals surface area contributed by atoms with Crippen molar-refractivity contribution >= 4 is 221 Å². The number of aromatic hydroxyl groups is 3. The van der Waals surface area contributed by atoms with Gasteiger partial charge in [0.2, 0.25) is 0 Å². The number of phenols is 3. The van der Waals surface area contributed by atoms with Crippen LogP contribution in [-0.4, -0.2) is 66.7 Å². The molecule has 69 heavy (non-hydrogen) atoms. The lowest BCUT2D eigenvalue weighted by Gasteiger charge is -2.14. The zero-order valence-electron chi connectivity index (χ0n) is 34.8. The number of ether oxygens (including phenoxy) is 3. The number of halogens is 9. The molecule has 12 N–H and O–H groups in total. The summed E-state index contributed by atoms with van der Waals surface area (Å²) in [5.74, 6) is 1.52. The van der Waals surface area contributed by atoms with Gasteiger partial charge in [-0.3, -0.25) is 14.4 Å². The Bertz CT molecular complexity index is 2750. The second kappa shape index (κ2) is 28.6. The van der Waals surface area contributed by atoms with Gasteiger partial charge in [0.25, 0.3) is 0 Å². The maximum atomic E-state index is 10.9. The van der Waals surface area contributed by atoms with Crippen molar-refractivity contribution in [2.45, 2.75) is 37.4 Å². The van der Waals surface area contributed by atoms with Gasteiger partial charge in [-0.05, 0) is 330 Å². The molecule has 0 saturated heterocycles. The SMILES string of the molecule is NC(Cc1cc(I)c(Oc2cc(I)c(O)c(I)c2)c(I)c1)C(=O)O.NC(Cc1cc(I)c(Oc2ccc(O)c(I)c2)c(I)c1)C(=O)O.NC(Cc1cc(I)c(Oc2ccc(O)cc2)c(I)c1)C(=O)O. The molecule has 6 aromatic carbocycles. The highest BCUT2D eigenvalue weighted by atomic mass is 127. The quantitative estimate of drug-likeness (QED) is 0.0432. The zero-order valence-corrected chi connectivity index (χ0v) is 54.2. The molecule has 0 bridgehead atoms. The second-order valence-corrected chi connectivity index (χ2v) is 24.7. The van der Waals surface area contributed by atoms with Crippen LogP contribution in [0.5, 0.6) is 51.7 Å². The second-order valence-electron chi connectivity index (χ2n) is 14.3. The van der Waals surface area contributed by atoms with E-state index in [0.717, 1.165) is 38.1 Å². The summed E-state index contributed by atoms with van der Waals surface area (Å²) >= 11 is 19.0. The van der Waals surface area contributed by atoms with Crippen LogP contribution in [0, 0.1) is 32.1 Å². The third kappa shape index (κ3) is 19.0. The van der Waals surface area contributed by atoms with E-state index >= 15 is 0 Å². The molecule has 3 atom stereocenters. The van der Waals surface area contributed by atoms with E-state index in [-0.39, 0.29) is 36.5 Å². The van der Waals surface area contributed by atoms with E-state index in [9.17, 15) is 29.7 Å². The molecule has 0 aliphatic carbocycles. The molecule has 0 aliphatic rings. The van der Waals surface area contributed by atoms with E-state index in [1.807, 2.05) is 59.0 Å². The van der Waals surface area contributed by atoms with Crippen molar-refractivity contribution < 1.29 is 59.2 Å². The van der Waals surface area contributed by atoms with Gasteiger partial charge >= 0.3 is 17.9 Å². The number of aliphatic carboxylic acids is 3. The maximum absolute atomic E-state index is 10.9. The van der Waals surface area contributed by atoms with Crippen LogP contribution < -0.4 is 31.4 Å². The normalized spacial score (nSPS) is 12.0. The number of carbonyl (C=O) groups is 3. The highest BCUT2D eigenvalue weighted by molar-refractivity contribution is 14.1. The lowest BCUT2D eigenvalue weighted by molar-refractivity contribution is -0.139. The molecule has 3 unspecified atom stereocenters. The number of hydrogen-bond donors (Lipinski definition) is 9. The van der Waals surface area contributed by atoms with Crippen LogP contribution >= 0.6 is 203 Å². The van der Waals surface area contributed by atoms with Crippen molar-refractivity contribution in [2.75, 3.05) is 0 Å². The minimum absolute atomic E-state index is 0.176. The molecule has 0 aromatic heterocycles. The topological polar surface area (TPSA) is 278 Å². The van der Waals surface area contributed by atoms with Crippen molar-refractivity contribution in [3.63, 3.8) is 0 Å². The molecule has 15 nitrogen and oxygen atoms in total. The molecule has 6 aromatic rings. The van der Waals surface area contributed by atoms with Crippen LogP contribution in [0.25, 0.3) is 0 Å². The maximum Gasteiger partial charge on any atom is 0.320 e. The molecule has 0 aliphatic heterocycles. The molecule has 24 heteroatoms. The Morgan fingerprint density at radius 1 is 0.406 bits per heavy atom. The Hall–Kier alpha value is -1.02. The largest absolute Gasteiger partial charge is 0.508 e. The van der Waals surface area contributed by atoms with Gasteiger partial charge in [0.05, 0.1) is 32.1 Å². The van der Waals surface area contributed by atoms with Gasteiger partial charge in [-0.25, -0.2) is 0 Å². The predicted octanol–water partition coefficient (Wildman–Crippen LogP) is 11.9. The third-order valence-corrected chi connectivity index (χ3v) is 16.2. The van der Waals surface area contributed by atoms with Crippen molar-refractivity contribution in [3.8, 4) is 51.7 Å². The highest BCUT2D eigenvalue weighted by Gasteiger charge is 2.19. The molecule has 0 saturated carbocycles. The molecular formula is C45H36I9N3O12. The number of benzene rings is 6. The Labute approximate surface area is 518 Å². The lowest BCUT2D eigenvalue weighted by atomic mass is 10.1. The molecule has 6 rings (SSSR count). The highest BCUT2D eigenvalue weighted by Crippen LogP contribution is 2.38. The van der Waals surface area contributed by atoms with Gasteiger partial charge in [0.15, 0.2) is 17.2 Å². The van der Waals surface area contributed by atoms with Gasteiger partial charge in [-0.15, -0.1) is 0 Å². The monoisotopic (exact) mass is 1950 g/mol. The van der Waals surface area contributed by atoms with E-state index in [1.165, 1.54) is 0 Å². The molecular weight excluding hydrogens is 1920 g/mol. The Morgan fingerprint density at radius 2 is 0.696 bits per heavy atom. The summed E-state index contributed by atoms with van der Waals surface area (Å²) in [6.45, 7) is 0. The van der Waals surface area contributed by atoms with E-state index < -0.39 is 36.0 Å². The molecule has 366 valence electrons. The van der Waals surface area contributed by atoms with Gasteiger partial charge in [-0.1, -0.05) is 0 Å². The molecule has 0 heterocycles. The number of nitrogens with two attached hydrogens (primary N) is 3. The minimum Gasteiger partial charge on any atom is -0.508 e. The first-order valence-electron chi connectivity index (χ1n) is 19.2. The van der Waals surface area contributed by atoms with E-state index in [2.05, 4.69) is 181 Å². The van der Waals surface area contributed by atoms with Crippen molar-refractivity contribution in [1.29, 1.82) is 0 Å². The third-order valence-electron chi connectivity index (χ3n) is 8.90. The lowest BCUT2D eigenvalue weighted by Crippen LogP contribution is -2.32. The molecule has 0 amide bonds. The van der Waals surface area contributed by atoms with Crippen LogP contribution in [0.3, 0.4) is 0 Å². The Morgan fingerprint density at radius 3 is 1.01 bits per heavy atom. The minimum atomic E-state index is -1.02. The van der Waals surface area contributed by atoms with Crippen LogP contribution in [0.4, 0.5) is 0 Å². The average Bonchev–Trinajstić information content (AvgIpc) is 3.26. The fraction of sp³-hybridized carbons (Fsp3) is 0.133. The van der Waals surface area contributed by atoms with Gasteiger partial charge in [0, 0.05) is 0 Å². The van der Waals surface area contributed by atoms with Gasteiger partial charge in [-0.2, -0.15) is 0 Å². The summed E-state index contributed by atoms with van der Waals surface area (Å²) in [6, 6.07) is 23.4. The van der Waals surface area contributed by atoms with Gasteiger partial charge in [0.1, 0.15) is 52.6 Å². The molecule has 0 spiro atoms. The van der Waals surface area contributed by atoms with Crippen LogP contribution in [0.15, 0.2) is 91.0 Å². The van der Waals surface area contributed by atoms with E-state index in [0.29, 0.717) is 45.2 Å². The first-order chi connectivity index (χ1) is 32.3. The summed E-state index contributed by atoms with van der Waals surface area (Å²) in [5.41, 5.74) is 19.3. The molecule has 0 radical (unpaired) electrons. The number of phenolic OH excluding ortho intramolecular Hbond substituents is 3. The average molecular weight is 1950 g/mol. The fourth-order valence-electron chi connectivity index (χ4n) is 5.53. The van der Waals surface area contributed by atoms with Crippen molar-refractivity contribution in [3.05, 3.63) is 140 Å². The van der Waals surface area contributed by atoms with Crippen LogP contribution in [-0.2, 0) is 33.6 Å². The number of carboxylic acids is 3. The van der Waals surface area contributed by atoms with Crippen molar-refractivity contribution in [2.24, 2.45) is 17.2 Å². The van der Waals surface area contributed by atoms with Crippen LogP contribution in [0.2, 0.25) is 0 Å². The Balaban J connectivity index is 0.000000226. The summed E-state index contributed by atoms with van der Waals surface area (Å²) in [4.78, 5) is 32.6. The molecule has 0 fully saturated rings. The number of hydrogen-bond acceptors (Lipinski definition) is 12. The van der Waals surface area contributed by atoms with Gasteiger partial charge < -0.3 is 62.1 Å².